The third-order valence-corrected chi connectivity index (χ3v) is 3.77. The average molecular weight is 310 g/mol. The zero-order valence-electron chi connectivity index (χ0n) is 13.8. The smallest absolute Gasteiger partial charge is 0.130 e. The number of aromatic amines is 1. The van der Waals surface area contributed by atoms with Gasteiger partial charge in [-0.1, -0.05) is 13.8 Å². The molecule has 5 nitrogen and oxygen atoms in total. The van der Waals surface area contributed by atoms with Crippen LogP contribution in [0, 0.1) is 0 Å². The molecule has 23 heavy (non-hydrogen) atoms. The Labute approximate surface area is 136 Å². The number of ether oxygens (including phenoxy) is 1. The lowest BCUT2D eigenvalue weighted by Crippen LogP contribution is -2.13. The Morgan fingerprint density at radius 1 is 1.13 bits per heavy atom. The minimum Gasteiger partial charge on any atom is -0.497 e. The van der Waals surface area contributed by atoms with E-state index in [1.165, 1.54) is 0 Å². The number of benzene rings is 1. The van der Waals surface area contributed by atoms with Crippen LogP contribution >= 0.6 is 0 Å². The molecule has 0 saturated heterocycles. The van der Waals surface area contributed by atoms with Crippen molar-refractivity contribution in [2.45, 2.75) is 32.9 Å². The predicted molar refractivity (Wildman–Crippen MR) is 91.5 cm³/mol. The molecular weight excluding hydrogens is 288 g/mol. The Bertz CT molecular complexity index is 777. The van der Waals surface area contributed by atoms with Crippen LogP contribution in [-0.2, 0) is 13.1 Å². The monoisotopic (exact) mass is 310 g/mol. The van der Waals surface area contributed by atoms with Crippen molar-refractivity contribution in [1.82, 2.24) is 20.3 Å². The second-order valence-corrected chi connectivity index (χ2v) is 5.96. The maximum atomic E-state index is 5.25. The lowest BCUT2D eigenvalue weighted by atomic mass is 10.2. The highest BCUT2D eigenvalue weighted by Gasteiger charge is 2.04. The van der Waals surface area contributed by atoms with E-state index in [1.807, 2.05) is 30.6 Å². The summed E-state index contributed by atoms with van der Waals surface area (Å²) in [4.78, 5) is 12.2. The van der Waals surface area contributed by atoms with Gasteiger partial charge in [0.1, 0.15) is 11.6 Å². The number of nitrogens with zero attached hydrogens (tertiary/aromatic N) is 2. The van der Waals surface area contributed by atoms with Crippen LogP contribution in [0.2, 0.25) is 0 Å². The van der Waals surface area contributed by atoms with E-state index in [0.717, 1.165) is 46.8 Å². The van der Waals surface area contributed by atoms with Crippen molar-refractivity contribution >= 4 is 10.9 Å². The van der Waals surface area contributed by atoms with E-state index in [4.69, 9.17) is 4.74 Å². The van der Waals surface area contributed by atoms with E-state index >= 15 is 0 Å². The number of hydrogen-bond donors (Lipinski definition) is 2. The summed E-state index contributed by atoms with van der Waals surface area (Å²) in [5, 5.41) is 4.57. The molecular formula is C18H22N4O. The topological polar surface area (TPSA) is 62.8 Å². The molecule has 120 valence electrons. The maximum absolute atomic E-state index is 5.25. The van der Waals surface area contributed by atoms with Gasteiger partial charge in [-0.05, 0) is 24.3 Å². The molecule has 0 saturated carbocycles. The highest BCUT2D eigenvalue weighted by Crippen LogP contribution is 2.21. The molecule has 2 N–H and O–H groups in total. The molecule has 3 aromatic rings. The minimum atomic E-state index is 0.361. The first-order chi connectivity index (χ1) is 11.2. The first kappa shape index (κ1) is 15.5. The van der Waals surface area contributed by atoms with Crippen molar-refractivity contribution < 1.29 is 4.74 Å². The minimum absolute atomic E-state index is 0.361. The molecule has 2 heterocycles. The Morgan fingerprint density at radius 2 is 1.91 bits per heavy atom. The van der Waals surface area contributed by atoms with Crippen molar-refractivity contribution in [2.75, 3.05) is 7.11 Å². The van der Waals surface area contributed by atoms with Crippen molar-refractivity contribution in [3.8, 4) is 5.75 Å². The van der Waals surface area contributed by atoms with Gasteiger partial charge in [-0.2, -0.15) is 0 Å². The molecule has 0 aliphatic rings. The maximum Gasteiger partial charge on any atom is 0.130 e. The SMILES string of the molecule is COc1ccc2[nH]c(CNCc3cnc(C(C)C)nc3)cc2c1. The van der Waals surface area contributed by atoms with Crippen LogP contribution in [0.1, 0.15) is 36.8 Å². The molecule has 0 atom stereocenters. The molecule has 3 rings (SSSR count). The molecule has 1 aromatic carbocycles. The highest BCUT2D eigenvalue weighted by molar-refractivity contribution is 5.81. The third kappa shape index (κ3) is 3.68. The van der Waals surface area contributed by atoms with Crippen LogP contribution < -0.4 is 10.1 Å². The van der Waals surface area contributed by atoms with Crippen molar-refractivity contribution in [3.05, 3.63) is 53.7 Å². The standard InChI is InChI=1S/C18H22N4O/c1-12(2)18-20-9-13(10-21-18)8-19-11-15-6-14-7-16(23-3)4-5-17(14)22-15/h4-7,9-10,12,19,22H,8,11H2,1-3H3. The number of methoxy groups -OCH3 is 1. The molecule has 0 radical (unpaired) electrons. The zero-order valence-corrected chi connectivity index (χ0v) is 13.8. The zero-order chi connectivity index (χ0) is 16.2. The number of nitrogens with one attached hydrogen (secondary N) is 2. The van der Waals surface area contributed by atoms with Gasteiger partial charge in [-0.3, -0.25) is 0 Å². The van der Waals surface area contributed by atoms with Crippen LogP contribution in [0.15, 0.2) is 36.7 Å². The van der Waals surface area contributed by atoms with Crippen LogP contribution in [0.25, 0.3) is 10.9 Å². The van der Waals surface area contributed by atoms with E-state index in [2.05, 4.69) is 40.2 Å². The second-order valence-electron chi connectivity index (χ2n) is 5.96. The van der Waals surface area contributed by atoms with E-state index in [1.54, 1.807) is 7.11 Å². The van der Waals surface area contributed by atoms with E-state index in [-0.39, 0.29) is 0 Å². The molecule has 2 aromatic heterocycles. The number of fused-ring (bicyclic) bond motifs is 1. The van der Waals surface area contributed by atoms with Gasteiger partial charge >= 0.3 is 0 Å². The fraction of sp³-hybridized carbons (Fsp3) is 0.333. The van der Waals surface area contributed by atoms with E-state index < -0.39 is 0 Å². The molecule has 0 aliphatic heterocycles. The normalized spacial score (nSPS) is 11.3. The largest absolute Gasteiger partial charge is 0.497 e. The summed E-state index contributed by atoms with van der Waals surface area (Å²) in [6.45, 7) is 5.70. The first-order valence-corrected chi connectivity index (χ1v) is 7.83. The molecule has 0 amide bonds. The summed E-state index contributed by atoms with van der Waals surface area (Å²) >= 11 is 0. The molecule has 0 aliphatic carbocycles. The highest BCUT2D eigenvalue weighted by atomic mass is 16.5. The summed E-state index contributed by atoms with van der Waals surface area (Å²) in [7, 11) is 1.68. The first-order valence-electron chi connectivity index (χ1n) is 7.83. The lowest BCUT2D eigenvalue weighted by Gasteiger charge is -2.06. The summed E-state index contributed by atoms with van der Waals surface area (Å²) in [6.07, 6.45) is 3.79. The fourth-order valence-electron chi connectivity index (χ4n) is 2.49. The van der Waals surface area contributed by atoms with E-state index in [9.17, 15) is 0 Å². The lowest BCUT2D eigenvalue weighted by molar-refractivity contribution is 0.415. The van der Waals surface area contributed by atoms with Gasteiger partial charge in [0.2, 0.25) is 0 Å². The van der Waals surface area contributed by atoms with Gasteiger partial charge in [0.25, 0.3) is 0 Å². The number of rotatable bonds is 6. The van der Waals surface area contributed by atoms with Crippen molar-refractivity contribution in [3.63, 3.8) is 0 Å². The van der Waals surface area contributed by atoms with Crippen LogP contribution in [0.4, 0.5) is 0 Å². The van der Waals surface area contributed by atoms with Gasteiger partial charge < -0.3 is 15.0 Å². The predicted octanol–water partition coefficient (Wildman–Crippen LogP) is 3.38. The summed E-state index contributed by atoms with van der Waals surface area (Å²) in [5.41, 5.74) is 3.35. The number of hydrogen-bond acceptors (Lipinski definition) is 4. The van der Waals surface area contributed by atoms with Gasteiger partial charge in [-0.15, -0.1) is 0 Å². The van der Waals surface area contributed by atoms with Crippen LogP contribution in [-0.4, -0.2) is 22.1 Å². The summed E-state index contributed by atoms with van der Waals surface area (Å²) in [6, 6.07) is 8.18. The van der Waals surface area contributed by atoms with Crippen LogP contribution in [0.3, 0.4) is 0 Å². The summed E-state index contributed by atoms with van der Waals surface area (Å²) in [5.74, 6) is 2.12. The number of aromatic nitrogens is 3. The molecule has 0 spiro atoms. The third-order valence-electron chi connectivity index (χ3n) is 3.77. The van der Waals surface area contributed by atoms with Gasteiger partial charge in [-0.25, -0.2) is 9.97 Å². The van der Waals surface area contributed by atoms with Crippen LogP contribution in [0.5, 0.6) is 5.75 Å². The number of H-pyrrole nitrogens is 1. The average Bonchev–Trinajstić information content (AvgIpc) is 2.97. The van der Waals surface area contributed by atoms with Crippen molar-refractivity contribution in [1.29, 1.82) is 0 Å². The Balaban J connectivity index is 1.59. The molecule has 0 bridgehead atoms. The van der Waals surface area contributed by atoms with Gasteiger partial charge in [0.05, 0.1) is 7.11 Å². The Kier molecular flexibility index (Phi) is 4.57. The molecule has 0 fully saturated rings. The summed E-state index contributed by atoms with van der Waals surface area (Å²) < 4.78 is 5.25. The molecule has 0 unspecified atom stereocenters. The molecule has 5 heteroatoms. The quantitative estimate of drug-likeness (QED) is 0.732. The second kappa shape index (κ2) is 6.79. The van der Waals surface area contributed by atoms with Gasteiger partial charge in [0.15, 0.2) is 0 Å². The Hall–Kier alpha value is -2.40. The van der Waals surface area contributed by atoms with E-state index in [0.29, 0.717) is 5.92 Å². The fourth-order valence-corrected chi connectivity index (χ4v) is 2.49. The van der Waals surface area contributed by atoms with Gasteiger partial charge in [0, 0.05) is 53.6 Å². The Morgan fingerprint density at radius 3 is 2.61 bits per heavy atom. The van der Waals surface area contributed by atoms with Crippen molar-refractivity contribution in [2.24, 2.45) is 0 Å².